The fourth-order valence-electron chi connectivity index (χ4n) is 5.60. The summed E-state index contributed by atoms with van der Waals surface area (Å²) in [6.45, 7) is 14.2. The minimum absolute atomic E-state index is 0.00602. The molecule has 174 valence electrons. The van der Waals surface area contributed by atoms with Gasteiger partial charge in [-0.05, 0) is 67.3 Å². The highest BCUT2D eigenvalue weighted by molar-refractivity contribution is 5.86. The number of nitrogens with zero attached hydrogens (tertiary/aromatic N) is 1. The molecule has 0 radical (unpaired) electrons. The highest BCUT2D eigenvalue weighted by Gasteiger charge is 2.47. The van der Waals surface area contributed by atoms with Crippen LogP contribution >= 0.6 is 0 Å². The molecule has 0 aliphatic heterocycles. The van der Waals surface area contributed by atoms with Crippen LogP contribution in [0.5, 0.6) is 0 Å². The van der Waals surface area contributed by atoms with E-state index in [2.05, 4.69) is 68.4 Å². The van der Waals surface area contributed by atoms with Gasteiger partial charge in [-0.1, -0.05) is 58.9 Å². The van der Waals surface area contributed by atoms with Crippen molar-refractivity contribution in [2.75, 3.05) is 5.32 Å². The lowest BCUT2D eigenvalue weighted by atomic mass is 9.90. The highest BCUT2D eigenvalue weighted by Crippen LogP contribution is 2.54. The van der Waals surface area contributed by atoms with Crippen LogP contribution in [0.4, 0.5) is 10.1 Å². The molecule has 1 N–H and O–H groups in total. The van der Waals surface area contributed by atoms with Crippen LogP contribution < -0.4 is 5.32 Å². The van der Waals surface area contributed by atoms with E-state index in [1.54, 1.807) is 6.07 Å². The van der Waals surface area contributed by atoms with E-state index in [-0.39, 0.29) is 16.6 Å². The van der Waals surface area contributed by atoms with Crippen LogP contribution in [0, 0.1) is 5.82 Å². The van der Waals surface area contributed by atoms with Gasteiger partial charge in [-0.15, -0.1) is 0 Å². The summed E-state index contributed by atoms with van der Waals surface area (Å²) >= 11 is 0. The molecule has 3 heteroatoms. The van der Waals surface area contributed by atoms with E-state index in [1.165, 1.54) is 41.6 Å². The SMILES string of the molecule is C=C(Nc1cc2cc(C(C)(C)C)n(CCCC)c2cc1F)C1(c2ccc3c(c2)CCC3)CC1. The molecule has 1 heterocycles. The van der Waals surface area contributed by atoms with Gasteiger partial charge >= 0.3 is 0 Å². The molecule has 33 heavy (non-hydrogen) atoms. The van der Waals surface area contributed by atoms with E-state index in [0.717, 1.165) is 48.8 Å². The molecule has 1 fully saturated rings. The Bertz CT molecular complexity index is 1220. The summed E-state index contributed by atoms with van der Waals surface area (Å²) in [6, 6.07) is 12.9. The Morgan fingerprint density at radius 2 is 1.85 bits per heavy atom. The Kier molecular flexibility index (Phi) is 5.42. The van der Waals surface area contributed by atoms with Crippen molar-refractivity contribution in [3.8, 4) is 0 Å². The molecule has 0 amide bonds. The van der Waals surface area contributed by atoms with Crippen LogP contribution in [-0.4, -0.2) is 4.57 Å². The topological polar surface area (TPSA) is 17.0 Å². The molecule has 2 aliphatic rings. The molecule has 0 saturated heterocycles. The third-order valence-electron chi connectivity index (χ3n) is 7.76. The van der Waals surface area contributed by atoms with Gasteiger partial charge in [0.05, 0.1) is 11.2 Å². The van der Waals surface area contributed by atoms with Gasteiger partial charge in [0.15, 0.2) is 0 Å². The fourth-order valence-corrected chi connectivity index (χ4v) is 5.60. The summed E-state index contributed by atoms with van der Waals surface area (Å²) in [4.78, 5) is 0. The Morgan fingerprint density at radius 3 is 2.55 bits per heavy atom. The molecule has 0 atom stereocenters. The molecule has 0 unspecified atom stereocenters. The van der Waals surface area contributed by atoms with Gasteiger partial charge in [0.1, 0.15) is 5.82 Å². The van der Waals surface area contributed by atoms with E-state index >= 15 is 4.39 Å². The number of rotatable bonds is 7. The minimum Gasteiger partial charge on any atom is -0.356 e. The Labute approximate surface area is 197 Å². The molecule has 1 saturated carbocycles. The second-order valence-corrected chi connectivity index (χ2v) is 11.2. The first kappa shape index (κ1) is 22.3. The summed E-state index contributed by atoms with van der Waals surface area (Å²) in [7, 11) is 0. The summed E-state index contributed by atoms with van der Waals surface area (Å²) in [5.74, 6) is -0.204. The minimum atomic E-state index is -0.204. The fraction of sp³-hybridized carbons (Fsp3) is 0.467. The van der Waals surface area contributed by atoms with Crippen LogP contribution in [0.25, 0.3) is 10.9 Å². The van der Waals surface area contributed by atoms with E-state index in [4.69, 9.17) is 0 Å². The van der Waals surface area contributed by atoms with Crippen molar-refractivity contribution in [3.05, 3.63) is 76.9 Å². The van der Waals surface area contributed by atoms with Crippen LogP contribution in [0.1, 0.15) is 82.2 Å². The summed E-state index contributed by atoms with van der Waals surface area (Å²) in [5, 5.41) is 4.50. The zero-order chi connectivity index (χ0) is 23.4. The molecule has 1 aromatic heterocycles. The first-order chi connectivity index (χ1) is 15.7. The summed E-state index contributed by atoms with van der Waals surface area (Å²) < 4.78 is 17.7. The lowest BCUT2D eigenvalue weighted by molar-refractivity contribution is 0.512. The van der Waals surface area contributed by atoms with E-state index in [0.29, 0.717) is 5.69 Å². The van der Waals surface area contributed by atoms with Crippen LogP contribution in [0.3, 0.4) is 0 Å². The summed E-state index contributed by atoms with van der Waals surface area (Å²) in [6.07, 6.45) is 7.98. The van der Waals surface area contributed by atoms with Crippen molar-refractivity contribution in [1.82, 2.24) is 4.57 Å². The van der Waals surface area contributed by atoms with Crippen molar-refractivity contribution in [1.29, 1.82) is 0 Å². The Hall–Kier alpha value is -2.55. The van der Waals surface area contributed by atoms with Crippen molar-refractivity contribution < 1.29 is 4.39 Å². The number of anilines is 1. The molecule has 5 rings (SSSR count). The molecular formula is C30H37FN2. The first-order valence-corrected chi connectivity index (χ1v) is 12.6. The van der Waals surface area contributed by atoms with Gasteiger partial charge in [0.2, 0.25) is 0 Å². The number of unbranched alkanes of at least 4 members (excludes halogenated alkanes) is 1. The predicted octanol–water partition coefficient (Wildman–Crippen LogP) is 8.02. The molecule has 2 aliphatic carbocycles. The average Bonchev–Trinajstić information content (AvgIpc) is 3.31. The number of hydrogen-bond donors (Lipinski definition) is 1. The van der Waals surface area contributed by atoms with Gasteiger partial charge in [0, 0.05) is 40.2 Å². The maximum absolute atomic E-state index is 15.4. The number of nitrogens with one attached hydrogen (secondary N) is 1. The van der Waals surface area contributed by atoms with Crippen LogP contribution in [-0.2, 0) is 30.2 Å². The Balaban J connectivity index is 1.46. The van der Waals surface area contributed by atoms with E-state index < -0.39 is 0 Å². The van der Waals surface area contributed by atoms with Crippen molar-refractivity contribution in [2.45, 2.75) is 90.0 Å². The monoisotopic (exact) mass is 444 g/mol. The predicted molar refractivity (Wildman–Crippen MR) is 138 cm³/mol. The molecule has 2 aromatic carbocycles. The number of aryl methyl sites for hydroxylation is 3. The zero-order valence-electron chi connectivity index (χ0n) is 20.7. The van der Waals surface area contributed by atoms with Crippen LogP contribution in [0.15, 0.2) is 48.7 Å². The normalized spacial score (nSPS) is 16.8. The molecular weight excluding hydrogens is 407 g/mol. The lowest BCUT2D eigenvalue weighted by Crippen LogP contribution is -2.18. The van der Waals surface area contributed by atoms with E-state index in [1.807, 2.05) is 6.07 Å². The molecule has 0 spiro atoms. The van der Waals surface area contributed by atoms with Crippen molar-refractivity contribution in [3.63, 3.8) is 0 Å². The number of benzene rings is 2. The van der Waals surface area contributed by atoms with Gasteiger partial charge < -0.3 is 9.88 Å². The highest BCUT2D eigenvalue weighted by atomic mass is 19.1. The number of fused-ring (bicyclic) bond motifs is 2. The van der Waals surface area contributed by atoms with Gasteiger partial charge in [-0.3, -0.25) is 0 Å². The number of hydrogen-bond acceptors (Lipinski definition) is 1. The first-order valence-electron chi connectivity index (χ1n) is 12.6. The third-order valence-corrected chi connectivity index (χ3v) is 7.76. The average molecular weight is 445 g/mol. The largest absolute Gasteiger partial charge is 0.356 e. The number of aromatic nitrogens is 1. The standard InChI is InChI=1S/C30H37FN2/c1-6-7-15-33-27-19-25(31)26(17-23(27)18-28(33)29(3,4)5)32-20(2)30(13-14-30)24-12-11-21-9-8-10-22(21)16-24/h11-12,16-19,32H,2,6-10,13-15H2,1,3-5H3. The lowest BCUT2D eigenvalue weighted by Gasteiger charge is -2.22. The molecule has 3 aromatic rings. The van der Waals surface area contributed by atoms with E-state index in [9.17, 15) is 0 Å². The molecule has 2 nitrogen and oxygen atoms in total. The maximum Gasteiger partial charge on any atom is 0.148 e. The third kappa shape index (κ3) is 3.90. The second-order valence-electron chi connectivity index (χ2n) is 11.2. The van der Waals surface area contributed by atoms with Crippen molar-refractivity contribution >= 4 is 16.6 Å². The van der Waals surface area contributed by atoms with Crippen molar-refractivity contribution in [2.24, 2.45) is 0 Å². The number of allylic oxidation sites excluding steroid dienone is 1. The van der Waals surface area contributed by atoms with Gasteiger partial charge in [0.25, 0.3) is 0 Å². The summed E-state index contributed by atoms with van der Waals surface area (Å²) in [5.41, 5.74) is 7.96. The Morgan fingerprint density at radius 1 is 1.09 bits per heavy atom. The molecule has 0 bridgehead atoms. The second kappa shape index (κ2) is 8.04. The van der Waals surface area contributed by atoms with Crippen LogP contribution in [0.2, 0.25) is 0 Å². The van der Waals surface area contributed by atoms with Gasteiger partial charge in [-0.2, -0.15) is 0 Å². The zero-order valence-corrected chi connectivity index (χ0v) is 20.7. The number of halogens is 1. The van der Waals surface area contributed by atoms with Gasteiger partial charge in [-0.25, -0.2) is 4.39 Å². The quantitative estimate of drug-likeness (QED) is 0.390. The smallest absolute Gasteiger partial charge is 0.148 e. The maximum atomic E-state index is 15.4.